The SMILES string of the molecule is Cc1cn2cc(-c3cc(O)c4c(=O)n(C5CCNCC5)cnc4c3)cc(F)c2n1. The maximum atomic E-state index is 14.5. The molecule has 0 saturated carbocycles. The second kappa shape index (κ2) is 6.66. The summed E-state index contributed by atoms with van der Waals surface area (Å²) in [4.78, 5) is 21.6. The van der Waals surface area contributed by atoms with E-state index < -0.39 is 5.82 Å². The number of halogens is 1. The van der Waals surface area contributed by atoms with Crippen LogP contribution >= 0.6 is 0 Å². The molecule has 2 N–H and O–H groups in total. The molecule has 5 rings (SSSR count). The number of pyridine rings is 1. The van der Waals surface area contributed by atoms with Crippen LogP contribution in [-0.4, -0.2) is 37.1 Å². The highest BCUT2D eigenvalue weighted by atomic mass is 19.1. The van der Waals surface area contributed by atoms with E-state index in [0.29, 0.717) is 22.3 Å². The van der Waals surface area contributed by atoms with Crippen LogP contribution in [0.25, 0.3) is 27.7 Å². The molecule has 1 aliphatic heterocycles. The van der Waals surface area contributed by atoms with E-state index in [9.17, 15) is 14.3 Å². The average molecular weight is 393 g/mol. The normalized spacial score (nSPS) is 15.4. The number of aromatic nitrogens is 4. The molecule has 4 heterocycles. The van der Waals surface area contributed by atoms with Crippen molar-refractivity contribution in [3.63, 3.8) is 0 Å². The van der Waals surface area contributed by atoms with Crippen LogP contribution < -0.4 is 10.9 Å². The predicted molar refractivity (Wildman–Crippen MR) is 108 cm³/mol. The number of imidazole rings is 1. The van der Waals surface area contributed by atoms with E-state index in [1.807, 2.05) is 0 Å². The van der Waals surface area contributed by atoms with Gasteiger partial charge in [0.15, 0.2) is 11.5 Å². The molecule has 0 bridgehead atoms. The van der Waals surface area contributed by atoms with E-state index in [4.69, 9.17) is 0 Å². The minimum absolute atomic E-state index is 0.0701. The van der Waals surface area contributed by atoms with Crippen molar-refractivity contribution in [1.29, 1.82) is 0 Å². The smallest absolute Gasteiger partial charge is 0.265 e. The number of benzene rings is 1. The lowest BCUT2D eigenvalue weighted by Gasteiger charge is -2.24. The largest absolute Gasteiger partial charge is 0.507 e. The van der Waals surface area contributed by atoms with E-state index in [-0.39, 0.29) is 28.4 Å². The molecule has 29 heavy (non-hydrogen) atoms. The molecular formula is C21H20FN5O2. The topological polar surface area (TPSA) is 84.5 Å². The number of rotatable bonds is 2. The van der Waals surface area contributed by atoms with E-state index in [1.165, 1.54) is 12.1 Å². The van der Waals surface area contributed by atoms with Crippen LogP contribution in [0, 0.1) is 12.7 Å². The van der Waals surface area contributed by atoms with Gasteiger partial charge in [0.05, 0.1) is 17.5 Å². The van der Waals surface area contributed by atoms with Crippen LogP contribution in [0.3, 0.4) is 0 Å². The number of nitrogens with zero attached hydrogens (tertiary/aromatic N) is 4. The summed E-state index contributed by atoms with van der Waals surface area (Å²) in [6.07, 6.45) is 6.71. The Morgan fingerprint density at radius 1 is 1.17 bits per heavy atom. The van der Waals surface area contributed by atoms with Crippen molar-refractivity contribution in [2.75, 3.05) is 13.1 Å². The van der Waals surface area contributed by atoms with Crippen molar-refractivity contribution < 1.29 is 9.50 Å². The second-order valence-electron chi connectivity index (χ2n) is 7.52. The molecule has 0 radical (unpaired) electrons. The van der Waals surface area contributed by atoms with Crippen molar-refractivity contribution in [2.24, 2.45) is 0 Å². The number of phenolic OH excluding ortho intramolecular Hbond substituents is 1. The lowest BCUT2D eigenvalue weighted by molar-refractivity contribution is 0.359. The molecule has 4 aromatic rings. The standard InChI is InChI=1S/C21H20FN5O2/c1-12-9-26-10-14(6-16(22)20(26)25-12)13-7-17-19(18(28)8-13)21(29)27(11-24-17)15-2-4-23-5-3-15/h6-11,15,23,28H,2-5H2,1H3. The van der Waals surface area contributed by atoms with Crippen LogP contribution in [-0.2, 0) is 0 Å². The molecule has 0 spiro atoms. The van der Waals surface area contributed by atoms with Gasteiger partial charge in [-0.1, -0.05) is 0 Å². The highest BCUT2D eigenvalue weighted by Gasteiger charge is 2.19. The quantitative estimate of drug-likeness (QED) is 0.547. The van der Waals surface area contributed by atoms with Crippen molar-refractivity contribution >= 4 is 16.6 Å². The van der Waals surface area contributed by atoms with Crippen LogP contribution in [0.2, 0.25) is 0 Å². The maximum Gasteiger partial charge on any atom is 0.265 e. The number of aromatic hydroxyl groups is 1. The van der Waals surface area contributed by atoms with Gasteiger partial charge in [-0.25, -0.2) is 14.4 Å². The molecule has 8 heteroatoms. The Balaban J connectivity index is 1.64. The fourth-order valence-electron chi connectivity index (χ4n) is 4.09. The molecule has 1 fully saturated rings. The minimum Gasteiger partial charge on any atom is -0.507 e. The predicted octanol–water partition coefficient (Wildman–Crippen LogP) is 2.79. The number of phenols is 1. The van der Waals surface area contributed by atoms with Gasteiger partial charge >= 0.3 is 0 Å². The zero-order chi connectivity index (χ0) is 20.1. The molecule has 0 unspecified atom stereocenters. The highest BCUT2D eigenvalue weighted by molar-refractivity contribution is 5.89. The first kappa shape index (κ1) is 17.8. The van der Waals surface area contributed by atoms with Gasteiger partial charge in [-0.3, -0.25) is 9.36 Å². The molecular weight excluding hydrogens is 373 g/mol. The zero-order valence-electron chi connectivity index (χ0n) is 15.9. The fourth-order valence-corrected chi connectivity index (χ4v) is 4.09. The third-order valence-corrected chi connectivity index (χ3v) is 5.53. The Labute approximate surface area is 165 Å². The zero-order valence-corrected chi connectivity index (χ0v) is 15.9. The summed E-state index contributed by atoms with van der Waals surface area (Å²) in [5.74, 6) is -0.606. The van der Waals surface area contributed by atoms with Crippen LogP contribution in [0.15, 0.2) is 41.7 Å². The third-order valence-electron chi connectivity index (χ3n) is 5.53. The van der Waals surface area contributed by atoms with Gasteiger partial charge in [-0.15, -0.1) is 0 Å². The average Bonchev–Trinajstić information content (AvgIpc) is 3.09. The molecule has 0 atom stereocenters. The molecule has 7 nitrogen and oxygen atoms in total. The molecule has 1 aromatic carbocycles. The molecule has 3 aromatic heterocycles. The Morgan fingerprint density at radius 3 is 2.76 bits per heavy atom. The first-order chi connectivity index (χ1) is 14.0. The summed E-state index contributed by atoms with van der Waals surface area (Å²) in [6.45, 7) is 3.49. The summed E-state index contributed by atoms with van der Waals surface area (Å²) in [6, 6.07) is 4.63. The van der Waals surface area contributed by atoms with Crippen molar-refractivity contribution in [1.82, 2.24) is 24.3 Å². The first-order valence-corrected chi connectivity index (χ1v) is 9.61. The molecule has 0 aliphatic carbocycles. The van der Waals surface area contributed by atoms with Gasteiger partial charge in [0, 0.05) is 24.0 Å². The van der Waals surface area contributed by atoms with Crippen molar-refractivity contribution in [3.8, 4) is 16.9 Å². The van der Waals surface area contributed by atoms with Gasteiger partial charge in [-0.05, 0) is 56.6 Å². The van der Waals surface area contributed by atoms with Gasteiger partial charge in [0.1, 0.15) is 11.1 Å². The number of hydrogen-bond acceptors (Lipinski definition) is 5. The summed E-state index contributed by atoms with van der Waals surface area (Å²) in [5, 5.41) is 14.1. The van der Waals surface area contributed by atoms with Gasteiger partial charge in [-0.2, -0.15) is 0 Å². The third kappa shape index (κ3) is 2.96. The Morgan fingerprint density at radius 2 is 1.97 bits per heavy atom. The Kier molecular flexibility index (Phi) is 4.09. The Bertz CT molecular complexity index is 1300. The van der Waals surface area contributed by atoms with Gasteiger partial charge < -0.3 is 14.8 Å². The highest BCUT2D eigenvalue weighted by Crippen LogP contribution is 2.30. The van der Waals surface area contributed by atoms with Gasteiger partial charge in [0.2, 0.25) is 0 Å². The van der Waals surface area contributed by atoms with Gasteiger partial charge in [0.25, 0.3) is 5.56 Å². The summed E-state index contributed by atoms with van der Waals surface area (Å²) < 4.78 is 17.7. The van der Waals surface area contributed by atoms with Crippen LogP contribution in [0.5, 0.6) is 5.75 Å². The van der Waals surface area contributed by atoms with E-state index >= 15 is 0 Å². The lowest BCUT2D eigenvalue weighted by Crippen LogP contribution is -2.34. The van der Waals surface area contributed by atoms with E-state index in [2.05, 4.69) is 15.3 Å². The molecule has 148 valence electrons. The second-order valence-corrected chi connectivity index (χ2v) is 7.52. The molecule has 1 saturated heterocycles. The number of nitrogens with one attached hydrogen (secondary N) is 1. The fraction of sp³-hybridized carbons (Fsp3) is 0.286. The number of aryl methyl sites for hydroxylation is 1. The molecule has 0 amide bonds. The summed E-state index contributed by atoms with van der Waals surface area (Å²) in [7, 11) is 0. The van der Waals surface area contributed by atoms with Crippen LogP contribution in [0.1, 0.15) is 24.6 Å². The van der Waals surface area contributed by atoms with E-state index in [0.717, 1.165) is 25.9 Å². The van der Waals surface area contributed by atoms with Crippen molar-refractivity contribution in [3.05, 3.63) is 58.8 Å². The van der Waals surface area contributed by atoms with E-state index in [1.54, 1.807) is 40.7 Å². The first-order valence-electron chi connectivity index (χ1n) is 9.61. The lowest BCUT2D eigenvalue weighted by atomic mass is 10.0. The molecule has 1 aliphatic rings. The monoisotopic (exact) mass is 393 g/mol. The summed E-state index contributed by atoms with van der Waals surface area (Å²) in [5.41, 5.74) is 2.24. The minimum atomic E-state index is -0.454. The number of piperidine rings is 1. The number of hydrogen-bond donors (Lipinski definition) is 2. The van der Waals surface area contributed by atoms with Crippen LogP contribution in [0.4, 0.5) is 4.39 Å². The number of fused-ring (bicyclic) bond motifs is 2. The Hall–Kier alpha value is -3.26. The maximum absolute atomic E-state index is 14.5. The summed E-state index contributed by atoms with van der Waals surface area (Å²) >= 11 is 0. The van der Waals surface area contributed by atoms with Crippen molar-refractivity contribution in [2.45, 2.75) is 25.8 Å².